The van der Waals surface area contributed by atoms with E-state index in [4.69, 9.17) is 4.74 Å². The molecule has 0 N–H and O–H groups in total. The SMILES string of the molecule is COc1ccc(CN2CCN(c3ccc(C(C)=O)cc3)CC2)cc1. The Morgan fingerprint density at radius 1 is 0.958 bits per heavy atom. The fourth-order valence-electron chi connectivity index (χ4n) is 3.06. The molecule has 2 aromatic carbocycles. The number of ketones is 1. The van der Waals surface area contributed by atoms with Crippen LogP contribution in [0.4, 0.5) is 5.69 Å². The zero-order valence-electron chi connectivity index (χ0n) is 14.4. The Labute approximate surface area is 143 Å². The van der Waals surface area contributed by atoms with E-state index in [1.165, 1.54) is 11.3 Å². The fourth-order valence-corrected chi connectivity index (χ4v) is 3.06. The molecule has 2 aromatic rings. The molecule has 0 saturated carbocycles. The lowest BCUT2D eigenvalue weighted by Crippen LogP contribution is -2.45. The first kappa shape index (κ1) is 16.5. The van der Waals surface area contributed by atoms with Gasteiger partial charge in [-0.05, 0) is 48.9 Å². The number of carbonyl (C=O) groups is 1. The quantitative estimate of drug-likeness (QED) is 0.791. The largest absolute Gasteiger partial charge is 0.497 e. The van der Waals surface area contributed by atoms with Crippen LogP contribution in [0.3, 0.4) is 0 Å². The van der Waals surface area contributed by atoms with Gasteiger partial charge in [0.15, 0.2) is 5.78 Å². The van der Waals surface area contributed by atoms with Crippen molar-refractivity contribution in [3.63, 3.8) is 0 Å². The van der Waals surface area contributed by atoms with Crippen LogP contribution in [0.1, 0.15) is 22.8 Å². The van der Waals surface area contributed by atoms with Gasteiger partial charge in [0.25, 0.3) is 0 Å². The molecule has 24 heavy (non-hydrogen) atoms. The molecule has 0 radical (unpaired) electrons. The second-order valence-corrected chi connectivity index (χ2v) is 6.21. The second-order valence-electron chi connectivity index (χ2n) is 6.21. The van der Waals surface area contributed by atoms with E-state index >= 15 is 0 Å². The van der Waals surface area contributed by atoms with Crippen LogP contribution >= 0.6 is 0 Å². The smallest absolute Gasteiger partial charge is 0.159 e. The molecule has 126 valence electrons. The molecule has 0 aromatic heterocycles. The third-order valence-corrected chi connectivity index (χ3v) is 4.58. The van der Waals surface area contributed by atoms with Crippen LogP contribution in [0.2, 0.25) is 0 Å². The standard InChI is InChI=1S/C20H24N2O2/c1-16(23)18-5-7-19(8-6-18)22-13-11-21(12-14-22)15-17-3-9-20(24-2)10-4-17/h3-10H,11-15H2,1-2H3. The average molecular weight is 324 g/mol. The Morgan fingerprint density at radius 2 is 1.58 bits per heavy atom. The lowest BCUT2D eigenvalue weighted by Gasteiger charge is -2.36. The highest BCUT2D eigenvalue weighted by molar-refractivity contribution is 5.94. The van der Waals surface area contributed by atoms with Crippen molar-refractivity contribution >= 4 is 11.5 Å². The van der Waals surface area contributed by atoms with Crippen LogP contribution < -0.4 is 9.64 Å². The van der Waals surface area contributed by atoms with Gasteiger partial charge in [-0.2, -0.15) is 0 Å². The minimum atomic E-state index is 0.117. The summed E-state index contributed by atoms with van der Waals surface area (Å²) in [5.74, 6) is 1.02. The van der Waals surface area contributed by atoms with Crippen molar-refractivity contribution in [2.45, 2.75) is 13.5 Å². The molecule has 3 rings (SSSR count). The van der Waals surface area contributed by atoms with Gasteiger partial charge in [0.2, 0.25) is 0 Å². The molecule has 0 unspecified atom stereocenters. The van der Waals surface area contributed by atoms with Crippen molar-refractivity contribution in [2.75, 3.05) is 38.2 Å². The maximum atomic E-state index is 11.4. The summed E-state index contributed by atoms with van der Waals surface area (Å²) in [6, 6.07) is 16.2. The second kappa shape index (κ2) is 7.49. The van der Waals surface area contributed by atoms with Crippen LogP contribution in [0, 0.1) is 0 Å². The number of methoxy groups -OCH3 is 1. The van der Waals surface area contributed by atoms with Crippen molar-refractivity contribution in [3.8, 4) is 5.75 Å². The van der Waals surface area contributed by atoms with Crippen LogP contribution in [-0.4, -0.2) is 44.0 Å². The van der Waals surface area contributed by atoms with E-state index in [2.05, 4.69) is 34.1 Å². The predicted octanol–water partition coefficient (Wildman–Crippen LogP) is 3.22. The summed E-state index contributed by atoms with van der Waals surface area (Å²) in [6.45, 7) is 6.68. The Balaban J connectivity index is 1.54. The van der Waals surface area contributed by atoms with Gasteiger partial charge in [0.1, 0.15) is 5.75 Å². The molecule has 1 fully saturated rings. The van der Waals surface area contributed by atoms with Gasteiger partial charge in [0.05, 0.1) is 7.11 Å². The molecular weight excluding hydrogens is 300 g/mol. The summed E-state index contributed by atoms with van der Waals surface area (Å²) in [5.41, 5.74) is 3.29. The third kappa shape index (κ3) is 3.95. The first-order valence-corrected chi connectivity index (χ1v) is 8.37. The van der Waals surface area contributed by atoms with Crippen molar-refractivity contribution in [1.82, 2.24) is 4.90 Å². The summed E-state index contributed by atoms with van der Waals surface area (Å²) >= 11 is 0. The van der Waals surface area contributed by atoms with Gasteiger partial charge in [-0.15, -0.1) is 0 Å². The molecular formula is C20H24N2O2. The summed E-state index contributed by atoms with van der Waals surface area (Å²) in [4.78, 5) is 16.2. The Hall–Kier alpha value is -2.33. The number of nitrogens with zero attached hydrogens (tertiary/aromatic N) is 2. The maximum absolute atomic E-state index is 11.4. The number of Topliss-reactive ketones (excluding diaryl/α,β-unsaturated/α-hetero) is 1. The molecule has 4 heteroatoms. The normalized spacial score (nSPS) is 15.3. The van der Waals surface area contributed by atoms with Gasteiger partial charge in [-0.3, -0.25) is 9.69 Å². The third-order valence-electron chi connectivity index (χ3n) is 4.58. The summed E-state index contributed by atoms with van der Waals surface area (Å²) in [6.07, 6.45) is 0. The van der Waals surface area contributed by atoms with Crippen molar-refractivity contribution < 1.29 is 9.53 Å². The van der Waals surface area contributed by atoms with Crippen LogP contribution in [0.5, 0.6) is 5.75 Å². The number of ether oxygens (including phenoxy) is 1. The molecule has 0 amide bonds. The van der Waals surface area contributed by atoms with E-state index in [1.807, 2.05) is 24.3 Å². The van der Waals surface area contributed by atoms with E-state index in [0.29, 0.717) is 0 Å². The minimum Gasteiger partial charge on any atom is -0.497 e. The Kier molecular flexibility index (Phi) is 5.16. The first-order valence-electron chi connectivity index (χ1n) is 8.37. The molecule has 1 aliphatic heterocycles. The first-order chi connectivity index (χ1) is 11.7. The number of piperazine rings is 1. The summed E-state index contributed by atoms with van der Waals surface area (Å²) in [7, 11) is 1.69. The molecule has 0 spiro atoms. The van der Waals surface area contributed by atoms with E-state index in [0.717, 1.165) is 44.0 Å². The Morgan fingerprint density at radius 3 is 2.12 bits per heavy atom. The average Bonchev–Trinajstić information content (AvgIpc) is 2.63. The highest BCUT2D eigenvalue weighted by atomic mass is 16.5. The molecule has 0 bridgehead atoms. The van der Waals surface area contributed by atoms with Gasteiger partial charge < -0.3 is 9.64 Å². The zero-order chi connectivity index (χ0) is 16.9. The molecule has 4 nitrogen and oxygen atoms in total. The van der Waals surface area contributed by atoms with Crippen LogP contribution in [0.25, 0.3) is 0 Å². The number of carbonyl (C=O) groups excluding carboxylic acids is 1. The molecule has 1 aliphatic rings. The van der Waals surface area contributed by atoms with E-state index in [1.54, 1.807) is 14.0 Å². The molecule has 1 heterocycles. The highest BCUT2D eigenvalue weighted by Crippen LogP contribution is 2.19. The topological polar surface area (TPSA) is 32.8 Å². The van der Waals surface area contributed by atoms with E-state index < -0.39 is 0 Å². The van der Waals surface area contributed by atoms with Crippen molar-refractivity contribution in [3.05, 3.63) is 59.7 Å². The van der Waals surface area contributed by atoms with Gasteiger partial charge >= 0.3 is 0 Å². The molecule has 1 saturated heterocycles. The monoisotopic (exact) mass is 324 g/mol. The maximum Gasteiger partial charge on any atom is 0.159 e. The Bertz CT molecular complexity index is 672. The highest BCUT2D eigenvalue weighted by Gasteiger charge is 2.17. The minimum absolute atomic E-state index is 0.117. The summed E-state index contributed by atoms with van der Waals surface area (Å²) < 4.78 is 5.20. The van der Waals surface area contributed by atoms with Gasteiger partial charge in [-0.25, -0.2) is 0 Å². The lowest BCUT2D eigenvalue weighted by molar-refractivity contribution is 0.101. The molecule has 0 aliphatic carbocycles. The fraction of sp³-hybridized carbons (Fsp3) is 0.350. The van der Waals surface area contributed by atoms with Crippen LogP contribution in [-0.2, 0) is 6.54 Å². The van der Waals surface area contributed by atoms with Crippen LogP contribution in [0.15, 0.2) is 48.5 Å². The van der Waals surface area contributed by atoms with Crippen molar-refractivity contribution in [1.29, 1.82) is 0 Å². The van der Waals surface area contributed by atoms with Gasteiger partial charge in [0, 0.05) is 44.0 Å². The predicted molar refractivity (Wildman–Crippen MR) is 96.9 cm³/mol. The number of anilines is 1. The summed E-state index contributed by atoms with van der Waals surface area (Å²) in [5, 5.41) is 0. The lowest BCUT2D eigenvalue weighted by atomic mass is 10.1. The van der Waals surface area contributed by atoms with Crippen molar-refractivity contribution in [2.24, 2.45) is 0 Å². The zero-order valence-corrected chi connectivity index (χ0v) is 14.4. The number of hydrogen-bond acceptors (Lipinski definition) is 4. The number of benzene rings is 2. The molecule has 0 atom stereocenters. The number of rotatable bonds is 5. The van der Waals surface area contributed by atoms with Gasteiger partial charge in [-0.1, -0.05) is 12.1 Å². The van der Waals surface area contributed by atoms with E-state index in [9.17, 15) is 4.79 Å². The van der Waals surface area contributed by atoms with E-state index in [-0.39, 0.29) is 5.78 Å². The number of hydrogen-bond donors (Lipinski definition) is 0.